The molecule has 2 aliphatic heterocycles. The number of esters is 1. The molecule has 0 bridgehead atoms. The van der Waals surface area contributed by atoms with Gasteiger partial charge >= 0.3 is 5.97 Å². The van der Waals surface area contributed by atoms with Crippen molar-refractivity contribution in [2.75, 3.05) is 18.7 Å². The molecule has 0 spiro atoms. The van der Waals surface area contributed by atoms with Crippen molar-refractivity contribution in [2.24, 2.45) is 5.73 Å². The van der Waals surface area contributed by atoms with E-state index in [1.54, 1.807) is 31.4 Å². The Morgan fingerprint density at radius 2 is 2.11 bits per heavy atom. The van der Waals surface area contributed by atoms with Crippen LogP contribution in [0.15, 0.2) is 47.7 Å². The maximum atomic E-state index is 12.7. The number of allylic oxidation sites excluding steroid dienone is 2. The van der Waals surface area contributed by atoms with Gasteiger partial charge in [0.05, 0.1) is 7.11 Å². The summed E-state index contributed by atoms with van der Waals surface area (Å²) >= 11 is 7.23. The van der Waals surface area contributed by atoms with E-state index in [-0.39, 0.29) is 36.0 Å². The summed E-state index contributed by atoms with van der Waals surface area (Å²) in [5.41, 5.74) is 7.64. The molecular weight excluding hydrogens is 411 g/mol. The maximum Gasteiger partial charge on any atom is 0.355 e. The van der Waals surface area contributed by atoms with Crippen LogP contribution in [0.3, 0.4) is 0 Å². The molecule has 1 aromatic carbocycles. The third-order valence-corrected chi connectivity index (χ3v) is 5.67. The SMILES string of the molecule is COc1ccc(COC(=O)C2=C(C=CCCl)CSC3C(N)C(=O)N23)cc1.Cl. The Hall–Kier alpha value is -1.67. The van der Waals surface area contributed by atoms with Crippen LogP contribution < -0.4 is 10.5 Å². The van der Waals surface area contributed by atoms with Crippen molar-refractivity contribution in [3.63, 3.8) is 0 Å². The molecule has 9 heteroatoms. The molecule has 2 N–H and O–H groups in total. The Bertz CT molecular complexity index is 767. The molecule has 0 aromatic heterocycles. The summed E-state index contributed by atoms with van der Waals surface area (Å²) in [7, 11) is 1.59. The normalized spacial score (nSPS) is 21.4. The molecule has 1 saturated heterocycles. The molecule has 2 atom stereocenters. The number of fused-ring (bicyclic) bond motifs is 1. The molecule has 6 nitrogen and oxygen atoms in total. The zero-order valence-corrected chi connectivity index (χ0v) is 17.0. The monoisotopic (exact) mass is 430 g/mol. The molecule has 1 aromatic rings. The number of nitrogens with zero attached hydrogens (tertiary/aromatic N) is 1. The fraction of sp³-hybridized carbons (Fsp3) is 0.333. The van der Waals surface area contributed by atoms with E-state index in [0.29, 0.717) is 17.2 Å². The van der Waals surface area contributed by atoms with Crippen molar-refractivity contribution in [1.29, 1.82) is 0 Å². The number of amides is 1. The molecular formula is C18H20Cl2N2O4S. The van der Waals surface area contributed by atoms with Crippen LogP contribution in [-0.2, 0) is 20.9 Å². The minimum Gasteiger partial charge on any atom is -0.497 e. The second-order valence-corrected chi connectivity index (χ2v) is 7.20. The highest BCUT2D eigenvalue weighted by atomic mass is 35.5. The van der Waals surface area contributed by atoms with E-state index in [1.165, 1.54) is 16.7 Å². The van der Waals surface area contributed by atoms with Crippen molar-refractivity contribution in [1.82, 2.24) is 4.90 Å². The number of methoxy groups -OCH3 is 1. The number of ether oxygens (including phenoxy) is 2. The molecule has 1 fully saturated rings. The molecule has 146 valence electrons. The van der Waals surface area contributed by atoms with E-state index in [4.69, 9.17) is 26.8 Å². The number of benzene rings is 1. The minimum atomic E-state index is -0.581. The Morgan fingerprint density at radius 1 is 1.41 bits per heavy atom. The first-order chi connectivity index (χ1) is 12.6. The third-order valence-electron chi connectivity index (χ3n) is 4.17. The predicted molar refractivity (Wildman–Crippen MR) is 108 cm³/mol. The van der Waals surface area contributed by atoms with Crippen LogP contribution in [0.25, 0.3) is 0 Å². The number of rotatable bonds is 6. The van der Waals surface area contributed by atoms with E-state index in [0.717, 1.165) is 11.3 Å². The zero-order chi connectivity index (χ0) is 18.7. The van der Waals surface area contributed by atoms with Crippen LogP contribution in [0.5, 0.6) is 5.75 Å². The standard InChI is InChI=1S/C18H19ClN2O4S.ClH/c1-24-13-6-4-11(5-7-13)9-25-18(23)15-12(3-2-8-19)10-26-17-14(20)16(22)21(15)17;/h2-7,14,17H,8-10,20H2,1H3;1H. The van der Waals surface area contributed by atoms with Crippen LogP contribution >= 0.6 is 35.8 Å². The lowest BCUT2D eigenvalue weighted by Crippen LogP contribution is -2.68. The van der Waals surface area contributed by atoms with Crippen molar-refractivity contribution in [3.05, 3.63) is 53.3 Å². The summed E-state index contributed by atoms with van der Waals surface area (Å²) in [6, 6.07) is 6.64. The van der Waals surface area contributed by atoms with E-state index in [9.17, 15) is 9.59 Å². The molecule has 2 aliphatic rings. The van der Waals surface area contributed by atoms with E-state index < -0.39 is 12.0 Å². The summed E-state index contributed by atoms with van der Waals surface area (Å²) in [5, 5.41) is -0.223. The number of nitrogens with two attached hydrogens (primary N) is 1. The van der Waals surface area contributed by atoms with E-state index in [2.05, 4.69) is 0 Å². The summed E-state index contributed by atoms with van der Waals surface area (Å²) < 4.78 is 10.5. The predicted octanol–water partition coefficient (Wildman–Crippen LogP) is 2.45. The quantitative estimate of drug-likeness (QED) is 0.424. The topological polar surface area (TPSA) is 81.9 Å². The Kier molecular flexibility index (Phi) is 7.61. The van der Waals surface area contributed by atoms with Crippen LogP contribution in [-0.4, -0.2) is 46.9 Å². The van der Waals surface area contributed by atoms with Crippen molar-refractivity contribution in [3.8, 4) is 5.75 Å². The lowest BCUT2D eigenvalue weighted by molar-refractivity contribution is -0.151. The number of alkyl halides is 1. The largest absolute Gasteiger partial charge is 0.497 e. The first kappa shape index (κ1) is 21.6. The number of β-lactam (4-membered cyclic amide) rings is 1. The molecule has 0 aliphatic carbocycles. The number of carbonyl (C=O) groups excluding carboxylic acids is 2. The Labute approximate surface area is 173 Å². The lowest BCUT2D eigenvalue weighted by atomic mass is 10.0. The first-order valence-corrected chi connectivity index (χ1v) is 9.61. The van der Waals surface area contributed by atoms with E-state index >= 15 is 0 Å². The van der Waals surface area contributed by atoms with Gasteiger partial charge in [0.1, 0.15) is 29.5 Å². The van der Waals surface area contributed by atoms with Gasteiger partial charge in [-0.3, -0.25) is 9.69 Å². The molecule has 2 unspecified atom stereocenters. The van der Waals surface area contributed by atoms with Gasteiger partial charge in [0.25, 0.3) is 0 Å². The van der Waals surface area contributed by atoms with Gasteiger partial charge in [0.2, 0.25) is 5.91 Å². The molecule has 0 radical (unpaired) electrons. The summed E-state index contributed by atoms with van der Waals surface area (Å²) in [6.45, 7) is 0.102. The Balaban J connectivity index is 0.00000261. The number of carbonyl (C=O) groups is 2. The van der Waals surface area contributed by atoms with Gasteiger partial charge in [0.15, 0.2) is 0 Å². The van der Waals surface area contributed by atoms with Crippen LogP contribution in [0.1, 0.15) is 5.56 Å². The fourth-order valence-electron chi connectivity index (χ4n) is 2.78. The molecule has 1 amide bonds. The average Bonchev–Trinajstić information content (AvgIpc) is 2.69. The lowest BCUT2D eigenvalue weighted by Gasteiger charge is -2.48. The molecule has 0 saturated carbocycles. The highest BCUT2D eigenvalue weighted by Gasteiger charge is 2.51. The number of hydrogen-bond donors (Lipinski definition) is 1. The van der Waals surface area contributed by atoms with Gasteiger partial charge < -0.3 is 15.2 Å². The average molecular weight is 431 g/mol. The number of thioether (sulfide) groups is 1. The Morgan fingerprint density at radius 3 is 2.74 bits per heavy atom. The van der Waals surface area contributed by atoms with Crippen molar-refractivity contribution in [2.45, 2.75) is 18.0 Å². The number of halogens is 2. The summed E-state index contributed by atoms with van der Waals surface area (Å²) in [5.74, 6) is 0.807. The van der Waals surface area contributed by atoms with Gasteiger partial charge in [-0.05, 0) is 23.3 Å². The second kappa shape index (κ2) is 9.50. The second-order valence-electron chi connectivity index (χ2n) is 5.79. The highest BCUT2D eigenvalue weighted by molar-refractivity contribution is 8.00. The first-order valence-electron chi connectivity index (χ1n) is 8.02. The van der Waals surface area contributed by atoms with Crippen molar-refractivity contribution < 1.29 is 19.1 Å². The van der Waals surface area contributed by atoms with Crippen LogP contribution in [0, 0.1) is 0 Å². The minimum absolute atomic E-state index is 0. The van der Waals surface area contributed by atoms with Gasteiger partial charge in [-0.15, -0.1) is 35.8 Å². The fourth-order valence-corrected chi connectivity index (χ4v) is 4.14. The van der Waals surface area contributed by atoms with Crippen LogP contribution in [0.2, 0.25) is 0 Å². The van der Waals surface area contributed by atoms with Crippen LogP contribution in [0.4, 0.5) is 0 Å². The van der Waals surface area contributed by atoms with Gasteiger partial charge in [-0.2, -0.15) is 0 Å². The molecule has 27 heavy (non-hydrogen) atoms. The highest BCUT2D eigenvalue weighted by Crippen LogP contribution is 2.40. The molecule has 2 heterocycles. The van der Waals surface area contributed by atoms with Crippen molar-refractivity contribution >= 4 is 47.6 Å². The summed E-state index contributed by atoms with van der Waals surface area (Å²) in [4.78, 5) is 26.3. The summed E-state index contributed by atoms with van der Waals surface area (Å²) in [6.07, 6.45) is 3.50. The van der Waals surface area contributed by atoms with E-state index in [1.807, 2.05) is 12.1 Å². The van der Waals surface area contributed by atoms with Gasteiger partial charge in [-0.25, -0.2) is 4.79 Å². The smallest absolute Gasteiger partial charge is 0.355 e. The maximum absolute atomic E-state index is 12.7. The third kappa shape index (κ3) is 4.43. The van der Waals surface area contributed by atoms with Gasteiger partial charge in [0, 0.05) is 11.6 Å². The molecule has 3 rings (SSSR count). The number of hydrogen-bond acceptors (Lipinski definition) is 6. The van der Waals surface area contributed by atoms with Gasteiger partial charge in [-0.1, -0.05) is 24.3 Å². The zero-order valence-electron chi connectivity index (χ0n) is 14.6.